The number of ether oxygens (including phenoxy) is 2. The lowest BCUT2D eigenvalue weighted by atomic mass is 10.1. The molecule has 1 fully saturated rings. The van der Waals surface area contributed by atoms with Crippen LogP contribution in [-0.2, 0) is 11.3 Å². The van der Waals surface area contributed by atoms with E-state index in [-0.39, 0.29) is 11.5 Å². The summed E-state index contributed by atoms with van der Waals surface area (Å²) in [6.07, 6.45) is 0. The van der Waals surface area contributed by atoms with Gasteiger partial charge < -0.3 is 19.2 Å². The van der Waals surface area contributed by atoms with Gasteiger partial charge in [0.25, 0.3) is 0 Å². The third kappa shape index (κ3) is 5.53. The largest absolute Gasteiger partial charge is 0.497 e. The monoisotopic (exact) mass is 451 g/mol. The smallest absolute Gasteiger partial charge is 0.336 e. The molecule has 2 aromatic carbocycles. The number of hydrogen-bond donors (Lipinski definition) is 1. The molecule has 4 rings (SSSR count). The second-order valence-electron chi connectivity index (χ2n) is 8.26. The number of carbonyl (C=O) groups excluding carboxylic acids is 1. The number of carbonyl (C=O) groups is 1. The summed E-state index contributed by atoms with van der Waals surface area (Å²) in [4.78, 5) is 29.0. The molecule has 0 bridgehead atoms. The number of methoxy groups -OCH3 is 2. The summed E-state index contributed by atoms with van der Waals surface area (Å²) < 4.78 is 15.9. The van der Waals surface area contributed by atoms with E-state index in [2.05, 4.69) is 15.1 Å². The number of nitrogens with zero attached hydrogens (tertiary/aromatic N) is 2. The van der Waals surface area contributed by atoms with Crippen molar-refractivity contribution in [2.75, 3.05) is 52.3 Å². The second-order valence-corrected chi connectivity index (χ2v) is 8.26. The Bertz CT molecular complexity index is 1200. The molecule has 1 N–H and O–H groups in total. The first-order chi connectivity index (χ1) is 15.9. The van der Waals surface area contributed by atoms with Crippen LogP contribution in [0.2, 0.25) is 0 Å². The van der Waals surface area contributed by atoms with Gasteiger partial charge in [-0.1, -0.05) is 12.1 Å². The van der Waals surface area contributed by atoms with Gasteiger partial charge in [0.15, 0.2) is 0 Å². The van der Waals surface area contributed by atoms with Crippen molar-refractivity contribution in [1.29, 1.82) is 0 Å². The topological polar surface area (TPSA) is 84.3 Å². The number of amides is 1. The van der Waals surface area contributed by atoms with Crippen molar-refractivity contribution >= 4 is 22.6 Å². The molecule has 1 aliphatic heterocycles. The minimum atomic E-state index is -0.327. The van der Waals surface area contributed by atoms with E-state index < -0.39 is 0 Å². The third-order valence-corrected chi connectivity index (χ3v) is 5.89. The van der Waals surface area contributed by atoms with E-state index in [1.165, 1.54) is 0 Å². The first-order valence-corrected chi connectivity index (χ1v) is 10.9. The van der Waals surface area contributed by atoms with Crippen LogP contribution in [0.4, 0.5) is 5.69 Å². The van der Waals surface area contributed by atoms with Gasteiger partial charge in [0, 0.05) is 50.2 Å². The Morgan fingerprint density at radius 1 is 1.00 bits per heavy atom. The average Bonchev–Trinajstić information content (AvgIpc) is 2.80. The lowest BCUT2D eigenvalue weighted by molar-refractivity contribution is -0.117. The van der Waals surface area contributed by atoms with Crippen LogP contribution >= 0.6 is 0 Å². The van der Waals surface area contributed by atoms with E-state index in [0.717, 1.165) is 42.7 Å². The molecule has 1 amide bonds. The standard InChI is InChI=1S/C25H29N3O5/c1-17-4-6-20-18(13-25(30)33-22(20)12-17)15-27-8-10-28(11-9-27)16-24(29)26-21-7-5-19(31-2)14-23(21)32-3/h4-7,12-14H,8-11,15-16H2,1-3H3,(H,26,29). The fourth-order valence-electron chi connectivity index (χ4n) is 4.11. The van der Waals surface area contributed by atoms with Gasteiger partial charge >= 0.3 is 5.63 Å². The van der Waals surface area contributed by atoms with Crippen molar-refractivity contribution < 1.29 is 18.7 Å². The van der Waals surface area contributed by atoms with E-state index in [4.69, 9.17) is 13.9 Å². The fraction of sp³-hybridized carbons (Fsp3) is 0.360. The van der Waals surface area contributed by atoms with Crippen molar-refractivity contribution in [2.24, 2.45) is 0 Å². The predicted octanol–water partition coefficient (Wildman–Crippen LogP) is 2.87. The van der Waals surface area contributed by atoms with E-state index in [9.17, 15) is 9.59 Å². The molecule has 0 spiro atoms. The Kier molecular flexibility index (Phi) is 6.96. The molecule has 33 heavy (non-hydrogen) atoms. The SMILES string of the molecule is COc1ccc(NC(=O)CN2CCN(Cc3cc(=O)oc4cc(C)ccc34)CC2)c(OC)c1. The lowest BCUT2D eigenvalue weighted by Crippen LogP contribution is -2.48. The van der Waals surface area contributed by atoms with E-state index >= 15 is 0 Å². The molecule has 3 aromatic rings. The van der Waals surface area contributed by atoms with Crippen LogP contribution in [0.5, 0.6) is 11.5 Å². The average molecular weight is 452 g/mol. The van der Waals surface area contributed by atoms with Gasteiger partial charge in [0.2, 0.25) is 5.91 Å². The molecule has 1 aliphatic rings. The molecule has 8 heteroatoms. The van der Waals surface area contributed by atoms with E-state index in [0.29, 0.717) is 35.9 Å². The number of rotatable bonds is 7. The zero-order valence-corrected chi connectivity index (χ0v) is 19.2. The van der Waals surface area contributed by atoms with Gasteiger partial charge in [-0.25, -0.2) is 4.79 Å². The number of hydrogen-bond acceptors (Lipinski definition) is 7. The summed E-state index contributed by atoms with van der Waals surface area (Å²) in [5.74, 6) is 1.14. The molecule has 1 aromatic heterocycles. The first kappa shape index (κ1) is 22.8. The lowest BCUT2D eigenvalue weighted by Gasteiger charge is -2.34. The van der Waals surface area contributed by atoms with E-state index in [1.807, 2.05) is 25.1 Å². The Morgan fingerprint density at radius 2 is 1.76 bits per heavy atom. The Hall–Kier alpha value is -3.36. The molecule has 0 saturated carbocycles. The van der Waals surface area contributed by atoms with Crippen molar-refractivity contribution in [3.63, 3.8) is 0 Å². The number of piperazine rings is 1. The van der Waals surface area contributed by atoms with Gasteiger partial charge in [-0.15, -0.1) is 0 Å². The summed E-state index contributed by atoms with van der Waals surface area (Å²) in [6, 6.07) is 12.8. The molecule has 174 valence electrons. The summed E-state index contributed by atoms with van der Waals surface area (Å²) in [6.45, 7) is 6.12. The summed E-state index contributed by atoms with van der Waals surface area (Å²) >= 11 is 0. The molecular weight excluding hydrogens is 422 g/mol. The Morgan fingerprint density at radius 3 is 2.48 bits per heavy atom. The zero-order valence-electron chi connectivity index (χ0n) is 19.2. The summed E-state index contributed by atoms with van der Waals surface area (Å²) in [7, 11) is 3.15. The van der Waals surface area contributed by atoms with Crippen molar-refractivity contribution in [3.05, 3.63) is 64.0 Å². The fourth-order valence-corrected chi connectivity index (χ4v) is 4.11. The highest BCUT2D eigenvalue weighted by Gasteiger charge is 2.21. The maximum absolute atomic E-state index is 12.6. The quantitative estimate of drug-likeness (QED) is 0.553. The van der Waals surface area contributed by atoms with Crippen LogP contribution < -0.4 is 20.4 Å². The highest BCUT2D eigenvalue weighted by atomic mass is 16.5. The highest BCUT2D eigenvalue weighted by molar-refractivity contribution is 5.93. The Balaban J connectivity index is 1.33. The number of fused-ring (bicyclic) bond motifs is 1. The van der Waals surface area contributed by atoms with Crippen molar-refractivity contribution in [1.82, 2.24) is 9.80 Å². The molecular formula is C25H29N3O5. The number of aryl methyl sites for hydroxylation is 1. The summed E-state index contributed by atoms with van der Waals surface area (Å²) in [5.41, 5.74) is 2.95. The molecule has 0 aliphatic carbocycles. The molecule has 0 atom stereocenters. The second kappa shape index (κ2) is 10.1. The minimum absolute atomic E-state index is 0.0889. The first-order valence-electron chi connectivity index (χ1n) is 10.9. The van der Waals surface area contributed by atoms with Crippen LogP contribution in [-0.4, -0.2) is 62.7 Å². The summed E-state index contributed by atoms with van der Waals surface area (Å²) in [5, 5.41) is 3.89. The number of nitrogens with one attached hydrogen (secondary N) is 1. The minimum Gasteiger partial charge on any atom is -0.497 e. The molecule has 0 radical (unpaired) electrons. The third-order valence-electron chi connectivity index (χ3n) is 5.89. The van der Waals surface area contributed by atoms with Gasteiger partial charge in [-0.05, 0) is 36.2 Å². The molecule has 0 unspecified atom stereocenters. The predicted molar refractivity (Wildman–Crippen MR) is 127 cm³/mol. The van der Waals surface area contributed by atoms with E-state index in [1.54, 1.807) is 38.5 Å². The van der Waals surface area contributed by atoms with Gasteiger partial charge in [-0.2, -0.15) is 0 Å². The van der Waals surface area contributed by atoms with Crippen LogP contribution in [0, 0.1) is 6.92 Å². The van der Waals surface area contributed by atoms with Crippen LogP contribution in [0.3, 0.4) is 0 Å². The maximum atomic E-state index is 12.6. The van der Waals surface area contributed by atoms with Crippen LogP contribution in [0.1, 0.15) is 11.1 Å². The molecule has 2 heterocycles. The molecule has 1 saturated heterocycles. The highest BCUT2D eigenvalue weighted by Crippen LogP contribution is 2.29. The van der Waals surface area contributed by atoms with Crippen LogP contribution in [0.25, 0.3) is 11.0 Å². The van der Waals surface area contributed by atoms with Crippen molar-refractivity contribution in [2.45, 2.75) is 13.5 Å². The maximum Gasteiger partial charge on any atom is 0.336 e. The Labute approximate surface area is 192 Å². The number of anilines is 1. The number of benzene rings is 2. The van der Waals surface area contributed by atoms with Gasteiger partial charge in [0.05, 0.1) is 26.5 Å². The van der Waals surface area contributed by atoms with Crippen LogP contribution in [0.15, 0.2) is 51.7 Å². The normalized spacial score (nSPS) is 14.9. The molecule has 8 nitrogen and oxygen atoms in total. The zero-order chi connectivity index (χ0) is 23.4. The van der Waals surface area contributed by atoms with Gasteiger partial charge in [0.1, 0.15) is 17.1 Å². The van der Waals surface area contributed by atoms with Crippen molar-refractivity contribution in [3.8, 4) is 11.5 Å². The van der Waals surface area contributed by atoms with Gasteiger partial charge in [-0.3, -0.25) is 14.6 Å².